The summed E-state index contributed by atoms with van der Waals surface area (Å²) in [6.45, 7) is 1.70. The molecule has 0 bridgehead atoms. The molecule has 0 saturated heterocycles. The third-order valence-electron chi connectivity index (χ3n) is 1.30. The maximum atomic E-state index is 11.3. The molecule has 0 radical (unpaired) electrons. The van der Waals surface area contributed by atoms with Gasteiger partial charge in [0, 0.05) is 12.4 Å². The fourth-order valence-electron chi connectivity index (χ4n) is 0.674. The van der Waals surface area contributed by atoms with Gasteiger partial charge in [-0.15, -0.1) is 0 Å². The summed E-state index contributed by atoms with van der Waals surface area (Å²) in [5.41, 5.74) is 0.186. The maximum absolute atomic E-state index is 11.3. The number of carbonyl (C=O) groups excluding carboxylic acids is 1. The van der Waals surface area contributed by atoms with E-state index in [1.54, 1.807) is 6.92 Å². The summed E-state index contributed by atoms with van der Waals surface area (Å²) in [6.07, 6.45) is 2.65. The Labute approximate surface area is 90.0 Å². The topological polar surface area (TPSA) is 42.9 Å². The second-order valence-corrected chi connectivity index (χ2v) is 4.63. The highest BCUT2D eigenvalue weighted by molar-refractivity contribution is 6.77. The van der Waals surface area contributed by atoms with Crippen LogP contribution < -0.4 is 0 Å². The number of rotatable bonds is 1. The van der Waals surface area contributed by atoms with E-state index in [1.165, 1.54) is 12.4 Å². The van der Waals surface area contributed by atoms with Crippen LogP contribution in [0.5, 0.6) is 0 Å². The van der Waals surface area contributed by atoms with E-state index >= 15 is 0 Å². The Morgan fingerprint density at radius 3 is 2.15 bits per heavy atom. The molecule has 70 valence electrons. The molecule has 0 saturated carbocycles. The van der Waals surface area contributed by atoms with Gasteiger partial charge in [-0.2, -0.15) is 0 Å². The molecule has 0 aromatic carbocycles. The molecule has 1 rings (SSSR count). The van der Waals surface area contributed by atoms with Crippen molar-refractivity contribution in [1.82, 2.24) is 9.97 Å². The number of aromatic nitrogens is 2. The third kappa shape index (κ3) is 2.79. The van der Waals surface area contributed by atoms with Gasteiger partial charge < -0.3 is 0 Å². The van der Waals surface area contributed by atoms with Crippen molar-refractivity contribution in [3.8, 4) is 0 Å². The Morgan fingerprint density at radius 2 is 1.77 bits per heavy atom. The normalized spacial score (nSPS) is 11.4. The van der Waals surface area contributed by atoms with Crippen LogP contribution in [0, 0.1) is 6.92 Å². The summed E-state index contributed by atoms with van der Waals surface area (Å²) in [7, 11) is 0. The van der Waals surface area contributed by atoms with Gasteiger partial charge in [-0.05, 0) is 6.92 Å². The van der Waals surface area contributed by atoms with Gasteiger partial charge in [0.15, 0.2) is 0 Å². The van der Waals surface area contributed by atoms with Crippen molar-refractivity contribution >= 4 is 40.6 Å². The largest absolute Gasteiger partial charge is 0.289 e. The molecule has 1 aromatic rings. The second-order valence-electron chi connectivity index (χ2n) is 2.35. The Hall–Kier alpha value is -0.380. The van der Waals surface area contributed by atoms with Crippen molar-refractivity contribution in [3.05, 3.63) is 23.8 Å². The molecule has 0 fully saturated rings. The molecule has 0 aliphatic carbocycles. The predicted molar refractivity (Wildman–Crippen MR) is 51.4 cm³/mol. The van der Waals surface area contributed by atoms with E-state index < -0.39 is 9.58 Å². The monoisotopic (exact) mass is 238 g/mol. The van der Waals surface area contributed by atoms with Crippen LogP contribution in [0.4, 0.5) is 0 Å². The molecule has 3 nitrogen and oxygen atoms in total. The predicted octanol–water partition coefficient (Wildman–Crippen LogP) is 2.34. The summed E-state index contributed by atoms with van der Waals surface area (Å²) in [5, 5.41) is 0. The van der Waals surface area contributed by atoms with Crippen LogP contribution in [0.2, 0.25) is 0 Å². The first-order valence-corrected chi connectivity index (χ1v) is 4.45. The Kier molecular flexibility index (Phi) is 3.11. The zero-order valence-electron chi connectivity index (χ0n) is 6.59. The summed E-state index contributed by atoms with van der Waals surface area (Å²) in [4.78, 5) is 18.9. The average molecular weight is 239 g/mol. The highest BCUT2D eigenvalue weighted by atomic mass is 35.6. The summed E-state index contributed by atoms with van der Waals surface area (Å²) < 4.78 is -1.95. The standard InChI is InChI=1S/C7H5Cl3N2O/c1-4-11-2-5(3-12-4)6(13)7(8,9)10/h2-3H,1H3. The Balaban J connectivity index is 2.97. The van der Waals surface area contributed by atoms with Crippen molar-refractivity contribution in [2.45, 2.75) is 10.7 Å². The van der Waals surface area contributed by atoms with Crippen LogP contribution in [-0.4, -0.2) is 19.5 Å². The quantitative estimate of drug-likeness (QED) is 0.558. The van der Waals surface area contributed by atoms with Gasteiger partial charge in [0.05, 0.1) is 5.56 Å². The lowest BCUT2D eigenvalue weighted by Gasteiger charge is -2.07. The molecular formula is C7H5Cl3N2O. The van der Waals surface area contributed by atoms with Crippen molar-refractivity contribution in [2.24, 2.45) is 0 Å². The minimum absolute atomic E-state index is 0.186. The zero-order chi connectivity index (χ0) is 10.1. The highest BCUT2D eigenvalue weighted by Crippen LogP contribution is 2.29. The summed E-state index contributed by atoms with van der Waals surface area (Å²) >= 11 is 16.2. The number of hydrogen-bond acceptors (Lipinski definition) is 3. The lowest BCUT2D eigenvalue weighted by Crippen LogP contribution is -2.19. The molecule has 0 N–H and O–H groups in total. The minimum atomic E-state index is -1.95. The number of ketones is 1. The lowest BCUT2D eigenvalue weighted by atomic mass is 10.2. The van der Waals surface area contributed by atoms with Gasteiger partial charge in [0.1, 0.15) is 5.82 Å². The van der Waals surface area contributed by atoms with Crippen molar-refractivity contribution in [3.63, 3.8) is 0 Å². The van der Waals surface area contributed by atoms with Gasteiger partial charge in [-0.3, -0.25) is 4.79 Å². The van der Waals surface area contributed by atoms with Gasteiger partial charge in [0.2, 0.25) is 5.78 Å². The molecule has 0 aliphatic heterocycles. The summed E-state index contributed by atoms with van der Waals surface area (Å²) in [6, 6.07) is 0. The number of Topliss-reactive ketones (excluding diaryl/α,β-unsaturated/α-hetero) is 1. The first kappa shape index (κ1) is 10.7. The third-order valence-corrected chi connectivity index (χ3v) is 1.82. The molecule has 6 heteroatoms. The molecular weight excluding hydrogens is 234 g/mol. The summed E-state index contributed by atoms with van der Waals surface area (Å²) in [5.74, 6) is -0.0710. The number of carbonyl (C=O) groups is 1. The number of nitrogens with zero attached hydrogens (tertiary/aromatic N) is 2. The van der Waals surface area contributed by atoms with Crippen LogP contribution in [-0.2, 0) is 0 Å². The number of halogens is 3. The van der Waals surface area contributed by atoms with Crippen molar-refractivity contribution < 1.29 is 4.79 Å². The average Bonchev–Trinajstić information content (AvgIpc) is 2.03. The number of aryl methyl sites for hydroxylation is 1. The fourth-order valence-corrected chi connectivity index (χ4v) is 1.00. The van der Waals surface area contributed by atoms with Gasteiger partial charge in [0.25, 0.3) is 3.79 Å². The smallest absolute Gasteiger partial charge is 0.253 e. The molecule has 1 heterocycles. The van der Waals surface area contributed by atoms with E-state index in [0.29, 0.717) is 5.82 Å². The van der Waals surface area contributed by atoms with E-state index in [2.05, 4.69) is 9.97 Å². The molecule has 0 amide bonds. The van der Waals surface area contributed by atoms with E-state index in [4.69, 9.17) is 34.8 Å². The van der Waals surface area contributed by atoms with Crippen LogP contribution >= 0.6 is 34.8 Å². The zero-order valence-corrected chi connectivity index (χ0v) is 8.86. The van der Waals surface area contributed by atoms with Crippen LogP contribution in [0.15, 0.2) is 12.4 Å². The van der Waals surface area contributed by atoms with E-state index in [0.717, 1.165) is 0 Å². The van der Waals surface area contributed by atoms with Gasteiger partial charge in [-0.1, -0.05) is 34.8 Å². The number of hydrogen-bond donors (Lipinski definition) is 0. The highest BCUT2D eigenvalue weighted by Gasteiger charge is 2.31. The molecule has 0 atom stereocenters. The second kappa shape index (κ2) is 3.78. The molecule has 0 unspecified atom stereocenters. The van der Waals surface area contributed by atoms with Crippen LogP contribution in [0.1, 0.15) is 16.2 Å². The first-order chi connectivity index (χ1) is 5.91. The SMILES string of the molecule is Cc1ncc(C(=O)C(Cl)(Cl)Cl)cn1. The first-order valence-electron chi connectivity index (χ1n) is 3.31. The maximum Gasteiger partial charge on any atom is 0.253 e. The van der Waals surface area contributed by atoms with Crippen LogP contribution in [0.3, 0.4) is 0 Å². The number of alkyl halides is 3. The fraction of sp³-hybridized carbons (Fsp3) is 0.286. The Bertz CT molecular complexity index is 318. The van der Waals surface area contributed by atoms with E-state index in [1.807, 2.05) is 0 Å². The molecule has 13 heavy (non-hydrogen) atoms. The van der Waals surface area contributed by atoms with Gasteiger partial charge in [-0.25, -0.2) is 9.97 Å². The van der Waals surface area contributed by atoms with E-state index in [9.17, 15) is 4.79 Å². The van der Waals surface area contributed by atoms with Crippen molar-refractivity contribution in [1.29, 1.82) is 0 Å². The molecule has 0 aliphatic rings. The van der Waals surface area contributed by atoms with E-state index in [-0.39, 0.29) is 5.56 Å². The van der Waals surface area contributed by atoms with Gasteiger partial charge >= 0.3 is 0 Å². The molecule has 1 aromatic heterocycles. The Morgan fingerprint density at radius 1 is 1.31 bits per heavy atom. The van der Waals surface area contributed by atoms with Crippen molar-refractivity contribution in [2.75, 3.05) is 0 Å². The van der Waals surface area contributed by atoms with Crippen LogP contribution in [0.25, 0.3) is 0 Å². The lowest BCUT2D eigenvalue weighted by molar-refractivity contribution is 0.0995. The minimum Gasteiger partial charge on any atom is -0.289 e. The molecule has 0 spiro atoms.